The Balaban J connectivity index is 1.22. The highest BCUT2D eigenvalue weighted by atomic mass is 31.0. The Kier molecular flexibility index (Phi) is 7.44. The summed E-state index contributed by atoms with van der Waals surface area (Å²) in [6.07, 6.45) is 5.48. The van der Waals surface area contributed by atoms with Gasteiger partial charge in [0.25, 0.3) is 0 Å². The molecule has 2 aliphatic rings. The standard InChI is InChI=1S/C28H34FN8OP/c1-18-16-37(19(2)13-30-18)26-4-3-21(15-31-26)33-28-32-14-20-5-6-36(27(20)34-28)22-11-24(29)23(25(39)12-22)17-35-7-9-38-10-8-35/h3-6,11-12,14-15,18-19,30H,7-10,13,16-17,39H2,1-2H3,(H,32,33,34)/t18?,19-/m1/s1. The monoisotopic (exact) mass is 548 g/mol. The van der Waals surface area contributed by atoms with Gasteiger partial charge in [0.05, 0.1) is 30.8 Å². The van der Waals surface area contributed by atoms with Gasteiger partial charge in [-0.25, -0.2) is 14.4 Å². The molecule has 9 nitrogen and oxygen atoms in total. The third-order valence-corrected chi connectivity index (χ3v) is 7.98. The SMILES string of the molecule is CC1CN(c2ccc(Nc3ncc4ccn(-c5cc(F)c(CN6CCOCC6)c(P)c5)c4n3)cn2)[C@H](C)CN1. The van der Waals surface area contributed by atoms with Crippen LogP contribution in [0.1, 0.15) is 19.4 Å². The summed E-state index contributed by atoms with van der Waals surface area (Å²) in [5.41, 5.74) is 2.91. The summed E-state index contributed by atoms with van der Waals surface area (Å²) in [7, 11) is 2.69. The highest BCUT2D eigenvalue weighted by Gasteiger charge is 2.23. The van der Waals surface area contributed by atoms with Gasteiger partial charge in [-0.1, -0.05) is 0 Å². The van der Waals surface area contributed by atoms with Gasteiger partial charge in [-0.05, 0) is 49.5 Å². The number of hydrogen-bond acceptors (Lipinski definition) is 8. The molecule has 5 heterocycles. The number of morpholine rings is 1. The van der Waals surface area contributed by atoms with Gasteiger partial charge in [0.1, 0.15) is 17.3 Å². The molecular formula is C28H34FN8OP. The van der Waals surface area contributed by atoms with Crippen molar-refractivity contribution < 1.29 is 9.13 Å². The Hall–Kier alpha value is -3.17. The zero-order valence-corrected chi connectivity index (χ0v) is 23.4. The molecule has 0 amide bonds. The van der Waals surface area contributed by atoms with Gasteiger partial charge in [0.15, 0.2) is 0 Å². The molecule has 0 spiro atoms. The third-order valence-electron chi connectivity index (χ3n) is 7.47. The molecule has 11 heteroatoms. The van der Waals surface area contributed by atoms with Crippen LogP contribution in [0.3, 0.4) is 0 Å². The summed E-state index contributed by atoms with van der Waals surface area (Å²) in [5, 5.41) is 8.48. The molecule has 2 fully saturated rings. The van der Waals surface area contributed by atoms with E-state index in [0.29, 0.717) is 54.7 Å². The summed E-state index contributed by atoms with van der Waals surface area (Å²) in [5.74, 6) is 1.19. The van der Waals surface area contributed by atoms with Crippen LogP contribution in [0.2, 0.25) is 0 Å². The number of halogens is 1. The number of hydrogen-bond donors (Lipinski definition) is 2. The number of pyridine rings is 1. The normalized spacial score (nSPS) is 20.5. The fraction of sp³-hybridized carbons (Fsp3) is 0.393. The van der Waals surface area contributed by atoms with Crippen molar-refractivity contribution in [3.63, 3.8) is 0 Å². The number of nitrogens with zero attached hydrogens (tertiary/aromatic N) is 6. The number of piperazine rings is 1. The highest BCUT2D eigenvalue weighted by molar-refractivity contribution is 7.27. The first-order valence-electron chi connectivity index (χ1n) is 13.4. The average molecular weight is 549 g/mol. The number of ether oxygens (including phenoxy) is 1. The molecule has 0 radical (unpaired) electrons. The average Bonchev–Trinajstić information content (AvgIpc) is 3.36. The van der Waals surface area contributed by atoms with Crippen LogP contribution in [-0.4, -0.2) is 75.9 Å². The summed E-state index contributed by atoms with van der Waals surface area (Å²) in [4.78, 5) is 18.5. The van der Waals surface area contributed by atoms with E-state index in [1.807, 2.05) is 41.2 Å². The Morgan fingerprint density at radius 3 is 2.74 bits per heavy atom. The van der Waals surface area contributed by atoms with Crippen LogP contribution in [0.5, 0.6) is 0 Å². The summed E-state index contributed by atoms with van der Waals surface area (Å²) >= 11 is 0. The molecule has 3 atom stereocenters. The smallest absolute Gasteiger partial charge is 0.229 e. The lowest BCUT2D eigenvalue weighted by Crippen LogP contribution is -2.54. The quantitative estimate of drug-likeness (QED) is 0.356. The van der Waals surface area contributed by atoms with Crippen molar-refractivity contribution in [1.82, 2.24) is 29.7 Å². The number of fused-ring (bicyclic) bond motifs is 1. The van der Waals surface area contributed by atoms with E-state index in [1.54, 1.807) is 12.3 Å². The Morgan fingerprint density at radius 1 is 1.13 bits per heavy atom. The Morgan fingerprint density at radius 2 is 1.97 bits per heavy atom. The molecule has 2 saturated heterocycles. The summed E-state index contributed by atoms with van der Waals surface area (Å²) in [6.45, 7) is 9.81. The molecule has 4 aromatic rings. The van der Waals surface area contributed by atoms with Crippen molar-refractivity contribution in [2.45, 2.75) is 32.5 Å². The van der Waals surface area contributed by atoms with Gasteiger partial charge in [0.2, 0.25) is 5.95 Å². The number of anilines is 3. The van der Waals surface area contributed by atoms with Crippen molar-refractivity contribution in [2.75, 3.05) is 49.6 Å². The van der Waals surface area contributed by atoms with Crippen LogP contribution in [0, 0.1) is 5.82 Å². The number of benzene rings is 1. The van der Waals surface area contributed by atoms with Crippen LogP contribution < -0.4 is 20.8 Å². The van der Waals surface area contributed by atoms with E-state index in [1.165, 1.54) is 0 Å². The minimum Gasteiger partial charge on any atom is -0.379 e. The zero-order valence-electron chi connectivity index (χ0n) is 22.3. The van der Waals surface area contributed by atoms with Gasteiger partial charge < -0.3 is 24.8 Å². The largest absolute Gasteiger partial charge is 0.379 e. The van der Waals surface area contributed by atoms with E-state index in [4.69, 9.17) is 14.7 Å². The summed E-state index contributed by atoms with van der Waals surface area (Å²) in [6, 6.07) is 10.3. The van der Waals surface area contributed by atoms with Crippen molar-refractivity contribution in [3.05, 3.63) is 60.3 Å². The minimum atomic E-state index is -0.224. The first-order chi connectivity index (χ1) is 18.9. The highest BCUT2D eigenvalue weighted by Crippen LogP contribution is 2.24. The lowest BCUT2D eigenvalue weighted by atomic mass is 10.1. The zero-order chi connectivity index (χ0) is 26.9. The molecule has 2 aliphatic heterocycles. The third kappa shape index (κ3) is 5.61. The molecule has 6 rings (SSSR count). The molecule has 39 heavy (non-hydrogen) atoms. The molecule has 0 saturated carbocycles. The maximum absolute atomic E-state index is 15.3. The predicted octanol–water partition coefficient (Wildman–Crippen LogP) is 3.22. The minimum absolute atomic E-state index is 0.224. The second kappa shape index (κ2) is 11.1. The molecule has 3 aromatic heterocycles. The van der Waals surface area contributed by atoms with Gasteiger partial charge >= 0.3 is 0 Å². The van der Waals surface area contributed by atoms with E-state index in [2.05, 4.69) is 48.5 Å². The van der Waals surface area contributed by atoms with Crippen LogP contribution in [0.15, 0.2) is 48.9 Å². The summed E-state index contributed by atoms with van der Waals surface area (Å²) < 4.78 is 22.6. The van der Waals surface area contributed by atoms with Gasteiger partial charge in [0, 0.05) is 68.2 Å². The van der Waals surface area contributed by atoms with Crippen LogP contribution in [-0.2, 0) is 11.3 Å². The second-order valence-electron chi connectivity index (χ2n) is 10.4. The fourth-order valence-corrected chi connectivity index (χ4v) is 5.62. The van der Waals surface area contributed by atoms with Gasteiger partial charge in [-0.2, -0.15) is 4.98 Å². The van der Waals surface area contributed by atoms with Crippen LogP contribution >= 0.6 is 9.24 Å². The molecule has 1 aromatic carbocycles. The molecule has 2 unspecified atom stereocenters. The van der Waals surface area contributed by atoms with Gasteiger partial charge in [-0.15, -0.1) is 9.24 Å². The second-order valence-corrected chi connectivity index (χ2v) is 11.0. The number of aromatic nitrogens is 4. The fourth-order valence-electron chi connectivity index (χ4n) is 5.22. The van der Waals surface area contributed by atoms with Crippen molar-refractivity contribution >= 4 is 43.0 Å². The van der Waals surface area contributed by atoms with E-state index in [9.17, 15) is 0 Å². The van der Waals surface area contributed by atoms with E-state index in [0.717, 1.165) is 48.4 Å². The lowest BCUT2D eigenvalue weighted by Gasteiger charge is -2.38. The molecule has 204 valence electrons. The Labute approximate surface area is 230 Å². The van der Waals surface area contributed by atoms with E-state index in [-0.39, 0.29) is 5.82 Å². The molecule has 0 aliphatic carbocycles. The van der Waals surface area contributed by atoms with Crippen LogP contribution in [0.4, 0.5) is 21.8 Å². The lowest BCUT2D eigenvalue weighted by molar-refractivity contribution is 0.0339. The predicted molar refractivity (Wildman–Crippen MR) is 156 cm³/mol. The van der Waals surface area contributed by atoms with Crippen molar-refractivity contribution in [3.8, 4) is 5.69 Å². The maximum atomic E-state index is 15.3. The Bertz CT molecular complexity index is 1430. The molecule has 2 N–H and O–H groups in total. The first kappa shape index (κ1) is 26.1. The number of nitrogens with one attached hydrogen (secondary N) is 2. The van der Waals surface area contributed by atoms with Crippen LogP contribution in [0.25, 0.3) is 16.7 Å². The van der Waals surface area contributed by atoms with Crippen molar-refractivity contribution in [1.29, 1.82) is 0 Å². The van der Waals surface area contributed by atoms with E-state index < -0.39 is 0 Å². The van der Waals surface area contributed by atoms with E-state index >= 15 is 4.39 Å². The van der Waals surface area contributed by atoms with Crippen molar-refractivity contribution in [2.24, 2.45) is 0 Å². The molecule has 0 bridgehead atoms. The maximum Gasteiger partial charge on any atom is 0.229 e. The number of rotatable bonds is 6. The molecular weight excluding hydrogens is 514 g/mol. The first-order valence-corrected chi connectivity index (χ1v) is 14.0. The topological polar surface area (TPSA) is 83.4 Å². The van der Waals surface area contributed by atoms with Gasteiger partial charge in [-0.3, -0.25) is 4.90 Å².